The molecule has 0 radical (unpaired) electrons. The first-order chi connectivity index (χ1) is 14.1. The number of halogens is 1. The van der Waals surface area contributed by atoms with Crippen molar-refractivity contribution in [3.63, 3.8) is 0 Å². The number of hydrogen-bond acceptors (Lipinski definition) is 4. The molecular formula is C24H18INO3. The first-order valence-electron chi connectivity index (χ1n) is 9.14. The van der Waals surface area contributed by atoms with Gasteiger partial charge in [-0.05, 0) is 83.1 Å². The van der Waals surface area contributed by atoms with E-state index in [0.717, 1.165) is 26.0 Å². The Kier molecular flexibility index (Phi) is 5.76. The van der Waals surface area contributed by atoms with E-state index in [1.54, 1.807) is 6.08 Å². The first-order valence-corrected chi connectivity index (χ1v) is 10.2. The molecule has 3 aromatic carbocycles. The number of rotatable bonds is 5. The van der Waals surface area contributed by atoms with E-state index in [-0.39, 0.29) is 5.70 Å². The van der Waals surface area contributed by atoms with E-state index < -0.39 is 5.97 Å². The lowest BCUT2D eigenvalue weighted by molar-refractivity contribution is -0.129. The topological polar surface area (TPSA) is 47.9 Å². The minimum Gasteiger partial charge on any atom is -0.489 e. The summed E-state index contributed by atoms with van der Waals surface area (Å²) in [6, 6.07) is 23.5. The highest BCUT2D eigenvalue weighted by molar-refractivity contribution is 14.1. The molecule has 3 aromatic rings. The SMILES string of the molecule is Cc1ccc(COc2ccc(/C=C3\N=C(c4ccc(I)cc4)OC3=O)cc2)cc1. The number of esters is 1. The largest absolute Gasteiger partial charge is 0.489 e. The number of cyclic esters (lactones) is 1. The summed E-state index contributed by atoms with van der Waals surface area (Å²) in [5, 5.41) is 0. The fourth-order valence-corrected chi connectivity index (χ4v) is 3.15. The maximum Gasteiger partial charge on any atom is 0.363 e. The van der Waals surface area contributed by atoms with Gasteiger partial charge in [0.15, 0.2) is 5.70 Å². The number of ether oxygens (including phenoxy) is 2. The highest BCUT2D eigenvalue weighted by Crippen LogP contribution is 2.21. The van der Waals surface area contributed by atoms with Gasteiger partial charge in [-0.3, -0.25) is 0 Å². The quantitative estimate of drug-likeness (QED) is 0.266. The van der Waals surface area contributed by atoms with E-state index >= 15 is 0 Å². The van der Waals surface area contributed by atoms with Crippen LogP contribution in [-0.4, -0.2) is 11.9 Å². The monoisotopic (exact) mass is 495 g/mol. The molecule has 0 unspecified atom stereocenters. The van der Waals surface area contributed by atoms with Gasteiger partial charge in [0.05, 0.1) is 0 Å². The predicted octanol–water partition coefficient (Wildman–Crippen LogP) is 5.52. The summed E-state index contributed by atoms with van der Waals surface area (Å²) in [6.07, 6.45) is 1.71. The summed E-state index contributed by atoms with van der Waals surface area (Å²) >= 11 is 2.23. The summed E-state index contributed by atoms with van der Waals surface area (Å²) in [4.78, 5) is 16.5. The number of carbonyl (C=O) groups excluding carboxylic acids is 1. The fraction of sp³-hybridized carbons (Fsp3) is 0.0833. The van der Waals surface area contributed by atoms with Gasteiger partial charge < -0.3 is 9.47 Å². The molecule has 0 saturated carbocycles. The zero-order chi connectivity index (χ0) is 20.2. The molecule has 0 spiro atoms. The third kappa shape index (κ3) is 4.92. The Labute approximate surface area is 183 Å². The molecule has 144 valence electrons. The van der Waals surface area contributed by atoms with Crippen LogP contribution in [0.2, 0.25) is 0 Å². The Morgan fingerprint density at radius 2 is 1.66 bits per heavy atom. The normalized spacial score (nSPS) is 14.6. The van der Waals surface area contributed by atoms with Crippen LogP contribution >= 0.6 is 22.6 Å². The Balaban J connectivity index is 1.44. The van der Waals surface area contributed by atoms with Crippen molar-refractivity contribution >= 4 is 40.5 Å². The number of aliphatic imine (C=N–C) groups is 1. The summed E-state index contributed by atoms with van der Waals surface area (Å²) in [7, 11) is 0. The molecule has 1 aliphatic rings. The van der Waals surface area contributed by atoms with Crippen LogP contribution in [0.25, 0.3) is 6.08 Å². The summed E-state index contributed by atoms with van der Waals surface area (Å²) in [5.41, 5.74) is 4.26. The van der Waals surface area contributed by atoms with Gasteiger partial charge >= 0.3 is 5.97 Å². The average Bonchev–Trinajstić information content (AvgIpc) is 3.09. The standard InChI is InChI=1S/C24H18INO3/c1-16-2-4-18(5-3-16)15-28-21-12-6-17(7-13-21)14-22-24(27)29-23(26-22)19-8-10-20(25)11-9-19/h2-14H,15H2,1H3/b22-14-. The predicted molar refractivity (Wildman–Crippen MR) is 122 cm³/mol. The summed E-state index contributed by atoms with van der Waals surface area (Å²) in [5.74, 6) is 0.652. The Morgan fingerprint density at radius 3 is 2.34 bits per heavy atom. The smallest absolute Gasteiger partial charge is 0.363 e. The minimum absolute atomic E-state index is 0.284. The molecule has 0 aromatic heterocycles. The second kappa shape index (κ2) is 8.61. The number of hydrogen-bond donors (Lipinski definition) is 0. The lowest BCUT2D eigenvalue weighted by Crippen LogP contribution is -2.05. The molecule has 0 fully saturated rings. The number of benzene rings is 3. The minimum atomic E-state index is -0.446. The van der Waals surface area contributed by atoms with Crippen LogP contribution < -0.4 is 4.74 Å². The maximum atomic E-state index is 12.1. The van der Waals surface area contributed by atoms with Crippen molar-refractivity contribution in [3.8, 4) is 5.75 Å². The molecule has 0 atom stereocenters. The van der Waals surface area contributed by atoms with Crippen molar-refractivity contribution < 1.29 is 14.3 Å². The van der Waals surface area contributed by atoms with Crippen LogP contribution in [0.15, 0.2) is 83.5 Å². The molecule has 5 heteroatoms. The van der Waals surface area contributed by atoms with Gasteiger partial charge in [-0.15, -0.1) is 0 Å². The van der Waals surface area contributed by atoms with E-state index in [4.69, 9.17) is 9.47 Å². The molecule has 29 heavy (non-hydrogen) atoms. The van der Waals surface area contributed by atoms with Crippen LogP contribution in [0.5, 0.6) is 5.75 Å². The van der Waals surface area contributed by atoms with Gasteiger partial charge in [-0.2, -0.15) is 0 Å². The van der Waals surface area contributed by atoms with Gasteiger partial charge in [0.1, 0.15) is 12.4 Å². The number of carbonyl (C=O) groups is 1. The summed E-state index contributed by atoms with van der Waals surface area (Å²) < 4.78 is 12.2. The Hall–Kier alpha value is -2.93. The fourth-order valence-electron chi connectivity index (χ4n) is 2.79. The molecule has 1 aliphatic heterocycles. The van der Waals surface area contributed by atoms with E-state index in [9.17, 15) is 4.79 Å². The van der Waals surface area contributed by atoms with Crippen molar-refractivity contribution in [2.24, 2.45) is 4.99 Å². The van der Waals surface area contributed by atoms with Crippen molar-refractivity contribution in [2.45, 2.75) is 13.5 Å². The highest BCUT2D eigenvalue weighted by atomic mass is 127. The zero-order valence-corrected chi connectivity index (χ0v) is 17.9. The van der Waals surface area contributed by atoms with E-state index in [0.29, 0.717) is 12.5 Å². The summed E-state index contributed by atoms with van der Waals surface area (Å²) in [6.45, 7) is 2.57. The molecule has 1 heterocycles. The van der Waals surface area contributed by atoms with E-state index in [1.165, 1.54) is 5.56 Å². The van der Waals surface area contributed by atoms with Crippen LogP contribution in [0, 0.1) is 10.5 Å². The van der Waals surface area contributed by atoms with Crippen molar-refractivity contribution in [1.29, 1.82) is 0 Å². The number of nitrogens with zero attached hydrogens (tertiary/aromatic N) is 1. The van der Waals surface area contributed by atoms with Gasteiger partial charge in [-0.1, -0.05) is 42.0 Å². The maximum absolute atomic E-state index is 12.1. The van der Waals surface area contributed by atoms with E-state index in [2.05, 4.69) is 58.8 Å². The van der Waals surface area contributed by atoms with Crippen LogP contribution in [0.3, 0.4) is 0 Å². The van der Waals surface area contributed by atoms with Crippen molar-refractivity contribution in [3.05, 3.63) is 104 Å². The van der Waals surface area contributed by atoms with Crippen LogP contribution in [0.4, 0.5) is 0 Å². The third-order valence-electron chi connectivity index (χ3n) is 4.42. The Morgan fingerprint density at radius 1 is 0.966 bits per heavy atom. The molecule has 0 aliphatic carbocycles. The lowest BCUT2D eigenvalue weighted by atomic mass is 10.1. The van der Waals surface area contributed by atoms with Gasteiger partial charge in [-0.25, -0.2) is 9.79 Å². The number of aryl methyl sites for hydroxylation is 1. The molecule has 0 bridgehead atoms. The highest BCUT2D eigenvalue weighted by Gasteiger charge is 2.24. The van der Waals surface area contributed by atoms with Gasteiger partial charge in [0, 0.05) is 9.13 Å². The Bertz CT molecular complexity index is 1080. The molecular weight excluding hydrogens is 477 g/mol. The molecule has 0 N–H and O–H groups in total. The zero-order valence-electron chi connectivity index (χ0n) is 15.8. The van der Waals surface area contributed by atoms with Crippen molar-refractivity contribution in [2.75, 3.05) is 0 Å². The molecule has 0 amide bonds. The van der Waals surface area contributed by atoms with E-state index in [1.807, 2.05) is 48.5 Å². The first kappa shape index (κ1) is 19.4. The second-order valence-electron chi connectivity index (χ2n) is 6.69. The van der Waals surface area contributed by atoms with Gasteiger partial charge in [0.2, 0.25) is 5.90 Å². The third-order valence-corrected chi connectivity index (χ3v) is 5.14. The van der Waals surface area contributed by atoms with Crippen LogP contribution in [-0.2, 0) is 16.1 Å². The molecule has 4 nitrogen and oxygen atoms in total. The van der Waals surface area contributed by atoms with Crippen molar-refractivity contribution in [1.82, 2.24) is 0 Å². The lowest BCUT2D eigenvalue weighted by Gasteiger charge is -2.07. The molecule has 0 saturated heterocycles. The average molecular weight is 495 g/mol. The van der Waals surface area contributed by atoms with Crippen LogP contribution in [0.1, 0.15) is 22.3 Å². The molecule has 4 rings (SSSR count). The van der Waals surface area contributed by atoms with Gasteiger partial charge in [0.25, 0.3) is 0 Å². The second-order valence-corrected chi connectivity index (χ2v) is 7.93.